The quantitative estimate of drug-likeness (QED) is 0.808. The van der Waals surface area contributed by atoms with E-state index in [1.807, 2.05) is 23.6 Å². The van der Waals surface area contributed by atoms with Crippen LogP contribution in [0.2, 0.25) is 0 Å². The molecule has 0 aliphatic heterocycles. The summed E-state index contributed by atoms with van der Waals surface area (Å²) in [7, 11) is 0. The van der Waals surface area contributed by atoms with Crippen molar-refractivity contribution in [2.45, 2.75) is 32.3 Å². The molecule has 0 aromatic carbocycles. The molecular formula is C17H18N2O2S. The van der Waals surface area contributed by atoms with Crippen molar-refractivity contribution in [3.8, 4) is 10.7 Å². The summed E-state index contributed by atoms with van der Waals surface area (Å²) in [6.45, 7) is 0.274. The molecule has 2 aliphatic rings. The minimum absolute atomic E-state index is 0.0282. The highest BCUT2D eigenvalue weighted by Crippen LogP contribution is 2.48. The first-order valence-corrected chi connectivity index (χ1v) is 8.70. The summed E-state index contributed by atoms with van der Waals surface area (Å²) >= 11 is 1.53. The van der Waals surface area contributed by atoms with E-state index in [9.17, 15) is 4.79 Å². The molecule has 0 spiro atoms. The Hall–Kier alpha value is -1.75. The van der Waals surface area contributed by atoms with Crippen LogP contribution in [0.15, 0.2) is 29.8 Å². The maximum absolute atomic E-state index is 12.2. The van der Waals surface area contributed by atoms with Crippen LogP contribution in [0.4, 0.5) is 0 Å². The summed E-state index contributed by atoms with van der Waals surface area (Å²) in [4.78, 5) is 21.0. The summed E-state index contributed by atoms with van der Waals surface area (Å²) in [5.41, 5.74) is 1.67. The zero-order valence-corrected chi connectivity index (χ0v) is 13.1. The van der Waals surface area contributed by atoms with E-state index in [1.54, 1.807) is 6.20 Å². The average Bonchev–Trinajstić information content (AvgIpc) is 3.29. The molecule has 4 nitrogen and oxygen atoms in total. The van der Waals surface area contributed by atoms with Gasteiger partial charge < -0.3 is 4.74 Å². The molecule has 2 aromatic rings. The van der Waals surface area contributed by atoms with Gasteiger partial charge in [0.15, 0.2) is 0 Å². The highest BCUT2D eigenvalue weighted by atomic mass is 32.1. The number of esters is 1. The lowest BCUT2D eigenvalue weighted by Gasteiger charge is -2.19. The number of fused-ring (bicyclic) bond motifs is 2. The molecule has 22 heavy (non-hydrogen) atoms. The predicted molar refractivity (Wildman–Crippen MR) is 84.1 cm³/mol. The fraction of sp³-hybridized carbons (Fsp3) is 0.471. The number of hydrogen-bond donors (Lipinski definition) is 0. The highest BCUT2D eigenvalue weighted by Gasteiger charge is 2.43. The molecule has 2 saturated carbocycles. The van der Waals surface area contributed by atoms with Gasteiger partial charge in [-0.05, 0) is 43.2 Å². The minimum Gasteiger partial charge on any atom is -0.459 e. The lowest BCUT2D eigenvalue weighted by atomic mass is 9.89. The number of carbonyl (C=O) groups is 1. The van der Waals surface area contributed by atoms with Gasteiger partial charge in [0.2, 0.25) is 0 Å². The molecule has 0 radical (unpaired) electrons. The maximum atomic E-state index is 12.2. The van der Waals surface area contributed by atoms with Crippen molar-refractivity contribution in [3.05, 3.63) is 35.5 Å². The summed E-state index contributed by atoms with van der Waals surface area (Å²) in [6, 6.07) is 5.76. The molecule has 4 rings (SSSR count). The molecule has 2 aromatic heterocycles. The summed E-state index contributed by atoms with van der Waals surface area (Å²) in [5.74, 6) is 1.43. The van der Waals surface area contributed by atoms with E-state index in [-0.39, 0.29) is 18.5 Å². The van der Waals surface area contributed by atoms with Crippen LogP contribution in [0, 0.1) is 17.8 Å². The Balaban J connectivity index is 1.36. The number of thiazole rings is 1. The van der Waals surface area contributed by atoms with Crippen LogP contribution >= 0.6 is 11.3 Å². The average molecular weight is 314 g/mol. The Labute approximate surface area is 133 Å². The fourth-order valence-electron chi connectivity index (χ4n) is 3.77. The molecule has 0 saturated heterocycles. The third kappa shape index (κ3) is 2.65. The SMILES string of the molecule is O=C(OCc1csc(-c2ccccn2)n1)C1CC2CCC1C2. The molecule has 5 heteroatoms. The Morgan fingerprint density at radius 3 is 3.00 bits per heavy atom. The Morgan fingerprint density at radius 1 is 1.32 bits per heavy atom. The van der Waals surface area contributed by atoms with Crippen LogP contribution in [0.25, 0.3) is 10.7 Å². The number of aromatic nitrogens is 2. The molecule has 0 N–H and O–H groups in total. The van der Waals surface area contributed by atoms with Gasteiger partial charge in [-0.1, -0.05) is 12.5 Å². The molecule has 114 valence electrons. The second-order valence-electron chi connectivity index (χ2n) is 6.25. The van der Waals surface area contributed by atoms with Crippen LogP contribution in [0.3, 0.4) is 0 Å². The van der Waals surface area contributed by atoms with Crippen molar-refractivity contribution in [1.82, 2.24) is 9.97 Å². The largest absolute Gasteiger partial charge is 0.459 e. The highest BCUT2D eigenvalue weighted by molar-refractivity contribution is 7.13. The van der Waals surface area contributed by atoms with Crippen molar-refractivity contribution in [2.24, 2.45) is 17.8 Å². The second-order valence-corrected chi connectivity index (χ2v) is 7.11. The molecule has 0 amide bonds. The van der Waals surface area contributed by atoms with Crippen LogP contribution in [0.1, 0.15) is 31.4 Å². The number of hydrogen-bond acceptors (Lipinski definition) is 5. The van der Waals surface area contributed by atoms with E-state index in [0.717, 1.165) is 28.7 Å². The van der Waals surface area contributed by atoms with E-state index >= 15 is 0 Å². The summed E-state index contributed by atoms with van der Waals surface area (Å²) < 4.78 is 5.50. The lowest BCUT2D eigenvalue weighted by molar-refractivity contribution is -0.151. The Kier molecular flexibility index (Phi) is 3.66. The molecule has 2 fully saturated rings. The van der Waals surface area contributed by atoms with E-state index in [4.69, 9.17) is 4.74 Å². The number of carbonyl (C=O) groups excluding carboxylic acids is 1. The normalized spacial score (nSPS) is 26.3. The van der Waals surface area contributed by atoms with Gasteiger partial charge in [0.1, 0.15) is 11.6 Å². The van der Waals surface area contributed by atoms with Gasteiger partial charge in [0.25, 0.3) is 0 Å². The third-order valence-electron chi connectivity index (χ3n) is 4.84. The van der Waals surface area contributed by atoms with Crippen molar-refractivity contribution >= 4 is 17.3 Å². The monoisotopic (exact) mass is 314 g/mol. The van der Waals surface area contributed by atoms with E-state index < -0.39 is 0 Å². The lowest BCUT2D eigenvalue weighted by Crippen LogP contribution is -2.23. The molecular weight excluding hydrogens is 296 g/mol. The van der Waals surface area contributed by atoms with Gasteiger partial charge in [-0.25, -0.2) is 4.98 Å². The summed E-state index contributed by atoms with van der Waals surface area (Å²) in [5, 5.41) is 2.81. The Morgan fingerprint density at radius 2 is 2.27 bits per heavy atom. The first-order chi connectivity index (χ1) is 10.8. The molecule has 3 atom stereocenters. The van der Waals surface area contributed by atoms with Gasteiger partial charge in [0.05, 0.1) is 17.3 Å². The Bertz CT molecular complexity index is 670. The third-order valence-corrected chi connectivity index (χ3v) is 5.75. The number of nitrogens with zero attached hydrogens (tertiary/aromatic N) is 2. The number of pyridine rings is 1. The van der Waals surface area contributed by atoms with Gasteiger partial charge in [-0.3, -0.25) is 9.78 Å². The first-order valence-electron chi connectivity index (χ1n) is 7.82. The van der Waals surface area contributed by atoms with Gasteiger partial charge in [-0.2, -0.15) is 0 Å². The first kappa shape index (κ1) is 13.9. The number of ether oxygens (including phenoxy) is 1. The van der Waals surface area contributed by atoms with E-state index in [0.29, 0.717) is 5.92 Å². The molecule has 2 heterocycles. The topological polar surface area (TPSA) is 52.1 Å². The van der Waals surface area contributed by atoms with Crippen LogP contribution in [-0.4, -0.2) is 15.9 Å². The maximum Gasteiger partial charge on any atom is 0.309 e. The molecule has 3 unspecified atom stereocenters. The van der Waals surface area contributed by atoms with Gasteiger partial charge in [0, 0.05) is 11.6 Å². The van der Waals surface area contributed by atoms with E-state index in [2.05, 4.69) is 9.97 Å². The van der Waals surface area contributed by atoms with Crippen molar-refractivity contribution in [2.75, 3.05) is 0 Å². The van der Waals surface area contributed by atoms with Crippen LogP contribution in [-0.2, 0) is 16.1 Å². The zero-order chi connectivity index (χ0) is 14.9. The smallest absolute Gasteiger partial charge is 0.309 e. The van der Waals surface area contributed by atoms with Gasteiger partial charge >= 0.3 is 5.97 Å². The van der Waals surface area contributed by atoms with Crippen molar-refractivity contribution in [1.29, 1.82) is 0 Å². The van der Waals surface area contributed by atoms with Crippen LogP contribution in [0.5, 0.6) is 0 Å². The molecule has 2 bridgehead atoms. The zero-order valence-electron chi connectivity index (χ0n) is 12.3. The van der Waals surface area contributed by atoms with Gasteiger partial charge in [-0.15, -0.1) is 11.3 Å². The summed E-state index contributed by atoms with van der Waals surface area (Å²) in [6.07, 6.45) is 6.50. The standard InChI is InChI=1S/C17H18N2O2S/c20-17(14-8-11-4-5-12(14)7-11)21-9-13-10-22-16(19-13)15-3-1-2-6-18-15/h1-3,6,10-12,14H,4-5,7-9H2. The number of rotatable bonds is 4. The minimum atomic E-state index is -0.0282. The fourth-order valence-corrected chi connectivity index (χ4v) is 4.55. The van der Waals surface area contributed by atoms with Crippen LogP contribution < -0.4 is 0 Å². The molecule has 2 aliphatic carbocycles. The van der Waals surface area contributed by atoms with Crippen molar-refractivity contribution < 1.29 is 9.53 Å². The second kappa shape index (κ2) is 5.80. The predicted octanol–water partition coefficient (Wildman–Crippen LogP) is 3.68. The van der Waals surface area contributed by atoms with E-state index in [1.165, 1.54) is 30.6 Å². The van der Waals surface area contributed by atoms with Crippen molar-refractivity contribution in [3.63, 3.8) is 0 Å².